The molecule has 0 aromatic carbocycles. The van der Waals surface area contributed by atoms with E-state index in [0.29, 0.717) is 0 Å². The van der Waals surface area contributed by atoms with Crippen LogP contribution < -0.4 is 5.32 Å². The molecule has 0 bridgehead atoms. The van der Waals surface area contributed by atoms with Crippen LogP contribution in [0, 0.1) is 11.8 Å². The number of hydrogen-bond donors (Lipinski definition) is 1. The van der Waals surface area contributed by atoms with E-state index < -0.39 is 0 Å². The molecule has 1 aromatic rings. The molecule has 3 heteroatoms. The number of pyridine rings is 1. The molecule has 1 aromatic heterocycles. The molecule has 98 valence electrons. The number of nitrogens with zero attached hydrogens (tertiary/aromatic N) is 2. The zero-order valence-electron chi connectivity index (χ0n) is 11.2. The number of likely N-dealkylation sites (tertiary alicyclic amines) is 1. The summed E-state index contributed by atoms with van der Waals surface area (Å²) < 4.78 is 0. The average molecular weight is 245 g/mol. The normalized spacial score (nSPS) is 27.4. The molecule has 2 unspecified atom stereocenters. The smallest absolute Gasteiger partial charge is 0.130 e. The van der Waals surface area contributed by atoms with Crippen LogP contribution in [0.15, 0.2) is 18.3 Å². The van der Waals surface area contributed by atoms with Crippen molar-refractivity contribution in [3.8, 4) is 0 Å². The zero-order valence-corrected chi connectivity index (χ0v) is 11.2. The first-order valence-corrected chi connectivity index (χ1v) is 7.27. The average Bonchev–Trinajstić information content (AvgIpc) is 2.92. The highest BCUT2D eigenvalue weighted by Gasteiger charge is 2.35. The summed E-state index contributed by atoms with van der Waals surface area (Å²) in [6.45, 7) is 6.72. The summed E-state index contributed by atoms with van der Waals surface area (Å²) in [4.78, 5) is 7.06. The second-order valence-electron chi connectivity index (χ2n) is 5.69. The number of rotatable bonds is 4. The number of fused-ring (bicyclic) bond motifs is 1. The standard InChI is InChI=1S/C15H23N3/c1-2-16-15-14(7-4-8-17-15)11-18-9-12-5-3-6-13(12)10-18/h4,7-8,12-13H,2-3,5-6,9-11H2,1H3,(H,16,17). The molecule has 2 aliphatic rings. The van der Waals surface area contributed by atoms with Crippen molar-refractivity contribution in [3.05, 3.63) is 23.9 Å². The van der Waals surface area contributed by atoms with Gasteiger partial charge < -0.3 is 5.32 Å². The SMILES string of the molecule is CCNc1ncccc1CN1CC2CCCC2C1. The monoisotopic (exact) mass is 245 g/mol. The summed E-state index contributed by atoms with van der Waals surface area (Å²) in [5.74, 6) is 3.02. The van der Waals surface area contributed by atoms with Gasteiger partial charge in [-0.25, -0.2) is 4.98 Å². The van der Waals surface area contributed by atoms with Gasteiger partial charge in [-0.1, -0.05) is 12.5 Å². The second-order valence-corrected chi connectivity index (χ2v) is 5.69. The van der Waals surface area contributed by atoms with Crippen LogP contribution in [-0.2, 0) is 6.54 Å². The Morgan fingerprint density at radius 3 is 2.83 bits per heavy atom. The topological polar surface area (TPSA) is 28.2 Å². The Kier molecular flexibility index (Phi) is 3.50. The third-order valence-electron chi connectivity index (χ3n) is 4.43. The predicted molar refractivity (Wildman–Crippen MR) is 74.5 cm³/mol. The molecule has 1 N–H and O–H groups in total. The van der Waals surface area contributed by atoms with Gasteiger partial charge in [-0.05, 0) is 37.7 Å². The molecule has 0 amide bonds. The van der Waals surface area contributed by atoms with E-state index in [1.165, 1.54) is 37.9 Å². The second kappa shape index (κ2) is 5.27. The van der Waals surface area contributed by atoms with Crippen LogP contribution in [0.5, 0.6) is 0 Å². The molecule has 3 rings (SSSR count). The van der Waals surface area contributed by atoms with E-state index >= 15 is 0 Å². The van der Waals surface area contributed by atoms with Crippen LogP contribution >= 0.6 is 0 Å². The highest BCUT2D eigenvalue weighted by Crippen LogP contribution is 2.38. The molecular formula is C15H23N3. The lowest BCUT2D eigenvalue weighted by Gasteiger charge is -2.18. The summed E-state index contributed by atoms with van der Waals surface area (Å²) >= 11 is 0. The molecule has 1 saturated heterocycles. The van der Waals surface area contributed by atoms with E-state index in [0.717, 1.165) is 30.7 Å². The van der Waals surface area contributed by atoms with Crippen molar-refractivity contribution in [2.24, 2.45) is 11.8 Å². The van der Waals surface area contributed by atoms with Crippen LogP contribution in [-0.4, -0.2) is 29.5 Å². The number of hydrogen-bond acceptors (Lipinski definition) is 3. The van der Waals surface area contributed by atoms with Gasteiger partial charge in [0.2, 0.25) is 0 Å². The molecule has 2 atom stereocenters. The van der Waals surface area contributed by atoms with Gasteiger partial charge in [0, 0.05) is 37.9 Å². The third kappa shape index (κ3) is 2.37. The van der Waals surface area contributed by atoms with Gasteiger partial charge in [0.1, 0.15) is 5.82 Å². The van der Waals surface area contributed by atoms with Crippen molar-refractivity contribution >= 4 is 5.82 Å². The van der Waals surface area contributed by atoms with E-state index in [-0.39, 0.29) is 0 Å². The lowest BCUT2D eigenvalue weighted by Crippen LogP contribution is -2.22. The van der Waals surface area contributed by atoms with Gasteiger partial charge in [-0.15, -0.1) is 0 Å². The highest BCUT2D eigenvalue weighted by molar-refractivity contribution is 5.43. The Bertz CT molecular complexity index is 392. The molecule has 0 radical (unpaired) electrons. The molecule has 1 aliphatic heterocycles. The Morgan fingerprint density at radius 1 is 1.33 bits per heavy atom. The molecule has 18 heavy (non-hydrogen) atoms. The number of anilines is 1. The number of aromatic nitrogens is 1. The minimum atomic E-state index is 0.940. The van der Waals surface area contributed by atoms with Crippen molar-refractivity contribution < 1.29 is 0 Å². The van der Waals surface area contributed by atoms with Gasteiger partial charge in [0.25, 0.3) is 0 Å². The first-order chi connectivity index (χ1) is 8.86. The summed E-state index contributed by atoms with van der Waals surface area (Å²) in [5.41, 5.74) is 1.35. The maximum absolute atomic E-state index is 4.44. The van der Waals surface area contributed by atoms with E-state index in [2.05, 4.69) is 28.2 Å². The fourth-order valence-electron chi connectivity index (χ4n) is 3.59. The Balaban J connectivity index is 1.66. The Hall–Kier alpha value is -1.09. The highest BCUT2D eigenvalue weighted by atomic mass is 15.2. The van der Waals surface area contributed by atoms with Crippen LogP contribution in [0.3, 0.4) is 0 Å². The maximum atomic E-state index is 4.44. The zero-order chi connectivity index (χ0) is 12.4. The van der Waals surface area contributed by atoms with E-state index in [1.807, 2.05) is 12.3 Å². The van der Waals surface area contributed by atoms with Gasteiger partial charge >= 0.3 is 0 Å². The predicted octanol–water partition coefficient (Wildman–Crippen LogP) is 2.75. The van der Waals surface area contributed by atoms with E-state index in [9.17, 15) is 0 Å². The van der Waals surface area contributed by atoms with Crippen molar-refractivity contribution in [1.82, 2.24) is 9.88 Å². The molecule has 2 fully saturated rings. The van der Waals surface area contributed by atoms with Crippen LogP contribution in [0.25, 0.3) is 0 Å². The minimum Gasteiger partial charge on any atom is -0.370 e. The van der Waals surface area contributed by atoms with Crippen LogP contribution in [0.1, 0.15) is 31.7 Å². The van der Waals surface area contributed by atoms with E-state index in [4.69, 9.17) is 0 Å². The van der Waals surface area contributed by atoms with Crippen LogP contribution in [0.4, 0.5) is 5.82 Å². The summed E-state index contributed by atoms with van der Waals surface area (Å²) in [6, 6.07) is 4.26. The van der Waals surface area contributed by atoms with Crippen molar-refractivity contribution in [3.63, 3.8) is 0 Å². The van der Waals surface area contributed by atoms with Gasteiger partial charge in [-0.2, -0.15) is 0 Å². The number of nitrogens with one attached hydrogen (secondary N) is 1. The van der Waals surface area contributed by atoms with Gasteiger partial charge in [-0.3, -0.25) is 4.90 Å². The summed E-state index contributed by atoms with van der Waals surface area (Å²) in [6.07, 6.45) is 6.24. The fourth-order valence-corrected chi connectivity index (χ4v) is 3.59. The largest absolute Gasteiger partial charge is 0.370 e. The van der Waals surface area contributed by atoms with Crippen molar-refractivity contribution in [2.75, 3.05) is 25.0 Å². The molecular weight excluding hydrogens is 222 g/mol. The lowest BCUT2D eigenvalue weighted by molar-refractivity contribution is 0.303. The first kappa shape index (κ1) is 12.0. The van der Waals surface area contributed by atoms with Gasteiger partial charge in [0.05, 0.1) is 0 Å². The molecule has 2 heterocycles. The molecule has 0 spiro atoms. The summed E-state index contributed by atoms with van der Waals surface area (Å²) in [5, 5.41) is 3.36. The van der Waals surface area contributed by atoms with Gasteiger partial charge in [0.15, 0.2) is 0 Å². The molecule has 1 saturated carbocycles. The summed E-state index contributed by atoms with van der Waals surface area (Å²) in [7, 11) is 0. The Labute approximate surface area is 110 Å². The van der Waals surface area contributed by atoms with Crippen molar-refractivity contribution in [1.29, 1.82) is 0 Å². The third-order valence-corrected chi connectivity index (χ3v) is 4.43. The van der Waals surface area contributed by atoms with E-state index in [1.54, 1.807) is 0 Å². The lowest BCUT2D eigenvalue weighted by atomic mass is 10.0. The minimum absolute atomic E-state index is 0.940. The Morgan fingerprint density at radius 2 is 2.11 bits per heavy atom. The van der Waals surface area contributed by atoms with Crippen molar-refractivity contribution in [2.45, 2.75) is 32.7 Å². The fraction of sp³-hybridized carbons (Fsp3) is 0.667. The van der Waals surface area contributed by atoms with Crippen LogP contribution in [0.2, 0.25) is 0 Å². The molecule has 1 aliphatic carbocycles. The molecule has 3 nitrogen and oxygen atoms in total. The maximum Gasteiger partial charge on any atom is 0.130 e. The first-order valence-electron chi connectivity index (χ1n) is 7.27. The quantitative estimate of drug-likeness (QED) is 0.884.